The van der Waals surface area contributed by atoms with Gasteiger partial charge in [-0.3, -0.25) is 4.90 Å². The van der Waals surface area contributed by atoms with E-state index in [1.807, 2.05) is 6.92 Å². The van der Waals surface area contributed by atoms with Crippen molar-refractivity contribution in [3.8, 4) is 0 Å². The van der Waals surface area contributed by atoms with E-state index in [0.29, 0.717) is 6.04 Å². The van der Waals surface area contributed by atoms with Gasteiger partial charge >= 0.3 is 0 Å². The third kappa shape index (κ3) is 4.04. The number of rotatable bonds is 5. The standard InChI is InChI=1S/C15H28N6/c1-6-16-14-11(2)15(19-12(3)18-14)17-9-13-10-20(4)7-8-21(13)5/h13H,6-10H2,1-5H3,(H2,16,17,18,19). The second-order valence-electron chi connectivity index (χ2n) is 5.90. The van der Waals surface area contributed by atoms with Crippen LogP contribution in [0.1, 0.15) is 18.3 Å². The lowest BCUT2D eigenvalue weighted by Crippen LogP contribution is -2.52. The number of aryl methyl sites for hydroxylation is 1. The van der Waals surface area contributed by atoms with E-state index < -0.39 is 0 Å². The Hall–Kier alpha value is -1.40. The van der Waals surface area contributed by atoms with Crippen molar-refractivity contribution < 1.29 is 0 Å². The Kier molecular flexibility index (Phi) is 5.36. The van der Waals surface area contributed by atoms with Crippen LogP contribution in [-0.2, 0) is 0 Å². The third-order valence-corrected chi connectivity index (χ3v) is 4.09. The van der Waals surface area contributed by atoms with Gasteiger partial charge in [-0.1, -0.05) is 0 Å². The highest BCUT2D eigenvalue weighted by atomic mass is 15.3. The number of piperazine rings is 1. The molecule has 2 heterocycles. The molecule has 0 bridgehead atoms. The van der Waals surface area contributed by atoms with E-state index in [1.165, 1.54) is 0 Å². The zero-order chi connectivity index (χ0) is 15.4. The number of nitrogens with zero attached hydrogens (tertiary/aromatic N) is 4. The van der Waals surface area contributed by atoms with Crippen molar-refractivity contribution in [1.29, 1.82) is 0 Å². The molecule has 1 saturated heterocycles. The minimum absolute atomic E-state index is 0.515. The van der Waals surface area contributed by atoms with Crippen molar-refractivity contribution in [2.24, 2.45) is 0 Å². The smallest absolute Gasteiger partial charge is 0.134 e. The van der Waals surface area contributed by atoms with Crippen LogP contribution in [0.2, 0.25) is 0 Å². The summed E-state index contributed by atoms with van der Waals surface area (Å²) in [5, 5.41) is 6.81. The number of likely N-dealkylation sites (N-methyl/N-ethyl adjacent to an activating group) is 2. The monoisotopic (exact) mass is 292 g/mol. The molecule has 6 nitrogen and oxygen atoms in total. The highest BCUT2D eigenvalue weighted by Gasteiger charge is 2.22. The Morgan fingerprint density at radius 2 is 1.76 bits per heavy atom. The van der Waals surface area contributed by atoms with Gasteiger partial charge in [0.05, 0.1) is 0 Å². The van der Waals surface area contributed by atoms with Gasteiger partial charge in [0.1, 0.15) is 17.5 Å². The molecular formula is C15H28N6. The van der Waals surface area contributed by atoms with E-state index in [0.717, 1.165) is 55.7 Å². The predicted octanol–water partition coefficient (Wildman–Crippen LogP) is 1.18. The largest absolute Gasteiger partial charge is 0.370 e. The summed E-state index contributed by atoms with van der Waals surface area (Å²) in [6.07, 6.45) is 0. The van der Waals surface area contributed by atoms with Gasteiger partial charge < -0.3 is 15.5 Å². The first-order chi connectivity index (χ1) is 10.0. The molecule has 2 rings (SSSR count). The summed E-state index contributed by atoms with van der Waals surface area (Å²) in [7, 11) is 4.38. The molecule has 1 aromatic heterocycles. The van der Waals surface area contributed by atoms with Gasteiger partial charge in [0, 0.05) is 44.3 Å². The number of anilines is 2. The number of nitrogens with one attached hydrogen (secondary N) is 2. The molecule has 0 amide bonds. The molecular weight excluding hydrogens is 264 g/mol. The Morgan fingerprint density at radius 3 is 2.43 bits per heavy atom. The van der Waals surface area contributed by atoms with Gasteiger partial charge in [0.15, 0.2) is 0 Å². The number of hydrogen-bond donors (Lipinski definition) is 2. The van der Waals surface area contributed by atoms with Crippen molar-refractivity contribution in [1.82, 2.24) is 19.8 Å². The lowest BCUT2D eigenvalue weighted by atomic mass is 10.2. The zero-order valence-corrected chi connectivity index (χ0v) is 13.9. The molecule has 0 spiro atoms. The van der Waals surface area contributed by atoms with Crippen LogP contribution in [0.5, 0.6) is 0 Å². The van der Waals surface area contributed by atoms with Crippen molar-refractivity contribution in [3.05, 3.63) is 11.4 Å². The molecule has 6 heteroatoms. The molecule has 2 N–H and O–H groups in total. The van der Waals surface area contributed by atoms with Crippen LogP contribution in [0.25, 0.3) is 0 Å². The topological polar surface area (TPSA) is 56.3 Å². The Balaban J connectivity index is 2.05. The van der Waals surface area contributed by atoms with Gasteiger partial charge in [-0.25, -0.2) is 9.97 Å². The molecule has 1 atom stereocenters. The van der Waals surface area contributed by atoms with Crippen LogP contribution in [0.4, 0.5) is 11.6 Å². The van der Waals surface area contributed by atoms with Gasteiger partial charge in [-0.2, -0.15) is 0 Å². The van der Waals surface area contributed by atoms with E-state index in [9.17, 15) is 0 Å². The maximum atomic E-state index is 4.55. The Morgan fingerprint density at radius 1 is 1.10 bits per heavy atom. The lowest BCUT2D eigenvalue weighted by Gasteiger charge is -2.37. The van der Waals surface area contributed by atoms with Gasteiger partial charge in [0.2, 0.25) is 0 Å². The average molecular weight is 292 g/mol. The molecule has 0 saturated carbocycles. The first-order valence-electron chi connectivity index (χ1n) is 7.73. The third-order valence-electron chi connectivity index (χ3n) is 4.09. The van der Waals surface area contributed by atoms with Crippen LogP contribution in [0.3, 0.4) is 0 Å². The van der Waals surface area contributed by atoms with Crippen LogP contribution < -0.4 is 10.6 Å². The average Bonchev–Trinajstić information content (AvgIpc) is 2.44. The number of hydrogen-bond acceptors (Lipinski definition) is 6. The fourth-order valence-electron chi connectivity index (χ4n) is 2.68. The van der Waals surface area contributed by atoms with Gasteiger partial charge in [-0.15, -0.1) is 0 Å². The van der Waals surface area contributed by atoms with Crippen LogP contribution in [0, 0.1) is 13.8 Å². The van der Waals surface area contributed by atoms with E-state index in [-0.39, 0.29) is 0 Å². The minimum Gasteiger partial charge on any atom is -0.370 e. The summed E-state index contributed by atoms with van der Waals surface area (Å²) in [6.45, 7) is 11.2. The van der Waals surface area contributed by atoms with E-state index >= 15 is 0 Å². The normalized spacial score (nSPS) is 20.5. The SMILES string of the molecule is CCNc1nc(C)nc(NCC2CN(C)CCN2C)c1C. The predicted molar refractivity (Wildman–Crippen MR) is 88.1 cm³/mol. The Labute approximate surface area is 127 Å². The molecule has 1 aliphatic heterocycles. The minimum atomic E-state index is 0.515. The van der Waals surface area contributed by atoms with Crippen molar-refractivity contribution in [2.75, 3.05) is 57.5 Å². The Bertz CT molecular complexity index is 475. The van der Waals surface area contributed by atoms with Crippen LogP contribution >= 0.6 is 0 Å². The van der Waals surface area contributed by atoms with E-state index in [1.54, 1.807) is 0 Å². The van der Waals surface area contributed by atoms with Crippen LogP contribution in [-0.4, -0.2) is 72.6 Å². The molecule has 0 radical (unpaired) electrons. The molecule has 118 valence electrons. The second kappa shape index (κ2) is 7.04. The summed E-state index contributed by atoms with van der Waals surface area (Å²) in [5.41, 5.74) is 1.09. The van der Waals surface area contributed by atoms with Gasteiger partial charge in [0.25, 0.3) is 0 Å². The zero-order valence-electron chi connectivity index (χ0n) is 13.9. The van der Waals surface area contributed by atoms with E-state index in [2.05, 4.69) is 58.3 Å². The molecule has 1 unspecified atom stereocenters. The van der Waals surface area contributed by atoms with Gasteiger partial charge in [-0.05, 0) is 34.9 Å². The fraction of sp³-hybridized carbons (Fsp3) is 0.733. The lowest BCUT2D eigenvalue weighted by molar-refractivity contribution is 0.122. The quantitative estimate of drug-likeness (QED) is 0.850. The number of aromatic nitrogens is 2. The van der Waals surface area contributed by atoms with E-state index in [4.69, 9.17) is 0 Å². The summed E-state index contributed by atoms with van der Waals surface area (Å²) in [5.74, 6) is 2.68. The molecule has 0 aliphatic carbocycles. The molecule has 1 aliphatic rings. The summed E-state index contributed by atoms with van der Waals surface area (Å²) in [6, 6.07) is 0.515. The maximum Gasteiger partial charge on any atom is 0.134 e. The van der Waals surface area contributed by atoms with Crippen molar-refractivity contribution in [3.63, 3.8) is 0 Å². The maximum absolute atomic E-state index is 4.55. The second-order valence-corrected chi connectivity index (χ2v) is 5.90. The van der Waals surface area contributed by atoms with Crippen molar-refractivity contribution in [2.45, 2.75) is 26.8 Å². The summed E-state index contributed by atoms with van der Waals surface area (Å²) >= 11 is 0. The fourth-order valence-corrected chi connectivity index (χ4v) is 2.68. The first kappa shape index (κ1) is 16.0. The molecule has 21 heavy (non-hydrogen) atoms. The first-order valence-corrected chi connectivity index (χ1v) is 7.73. The highest BCUT2D eigenvalue weighted by Crippen LogP contribution is 2.20. The highest BCUT2D eigenvalue weighted by molar-refractivity contribution is 5.57. The van der Waals surface area contributed by atoms with Crippen LogP contribution in [0.15, 0.2) is 0 Å². The summed E-state index contributed by atoms with van der Waals surface area (Å²) in [4.78, 5) is 13.8. The molecule has 1 fully saturated rings. The summed E-state index contributed by atoms with van der Waals surface area (Å²) < 4.78 is 0. The molecule has 1 aromatic rings. The molecule has 0 aromatic carbocycles. The van der Waals surface area contributed by atoms with Crippen molar-refractivity contribution >= 4 is 11.6 Å².